The zero-order valence-electron chi connectivity index (χ0n) is 15.1. The predicted octanol–water partition coefficient (Wildman–Crippen LogP) is 4.10. The lowest BCUT2D eigenvalue weighted by atomic mass is 10.1. The van der Waals surface area contributed by atoms with E-state index in [0.717, 1.165) is 5.69 Å². The molecule has 2 aromatic rings. The van der Waals surface area contributed by atoms with Crippen LogP contribution in [0.15, 0.2) is 30.3 Å². The van der Waals surface area contributed by atoms with Gasteiger partial charge in [0.05, 0.1) is 48.9 Å². The zero-order valence-corrected chi connectivity index (χ0v) is 16.6. The molecule has 1 amide bonds. The molecule has 2 aromatic carbocycles. The first-order valence-electron chi connectivity index (χ1n) is 8.39. The summed E-state index contributed by atoms with van der Waals surface area (Å²) in [5.74, 6) is 0.441. The van der Waals surface area contributed by atoms with Gasteiger partial charge in [0.2, 0.25) is 0 Å². The van der Waals surface area contributed by atoms with Gasteiger partial charge in [-0.25, -0.2) is 0 Å². The van der Waals surface area contributed by atoms with E-state index >= 15 is 0 Å². The molecule has 1 saturated heterocycles. The number of halogens is 2. The van der Waals surface area contributed by atoms with E-state index in [1.807, 2.05) is 6.07 Å². The second-order valence-electron chi connectivity index (χ2n) is 5.88. The molecule has 1 aliphatic heterocycles. The van der Waals surface area contributed by atoms with E-state index in [0.29, 0.717) is 59.1 Å². The number of amides is 1. The van der Waals surface area contributed by atoms with Crippen molar-refractivity contribution < 1.29 is 19.0 Å². The number of nitrogens with zero attached hydrogens (tertiary/aromatic N) is 1. The van der Waals surface area contributed by atoms with Crippen LogP contribution in [-0.4, -0.2) is 46.4 Å². The van der Waals surface area contributed by atoms with Crippen LogP contribution >= 0.6 is 23.2 Å². The molecule has 0 saturated carbocycles. The number of anilines is 2. The predicted molar refractivity (Wildman–Crippen MR) is 107 cm³/mol. The smallest absolute Gasteiger partial charge is 0.255 e. The number of para-hydroxylation sites is 1. The molecule has 0 spiro atoms. The number of hydrogen-bond donors (Lipinski definition) is 1. The van der Waals surface area contributed by atoms with E-state index in [1.54, 1.807) is 18.2 Å². The van der Waals surface area contributed by atoms with Crippen LogP contribution < -0.4 is 19.7 Å². The summed E-state index contributed by atoms with van der Waals surface area (Å²) in [6, 6.07) is 8.53. The van der Waals surface area contributed by atoms with Crippen LogP contribution in [-0.2, 0) is 4.74 Å². The van der Waals surface area contributed by atoms with Gasteiger partial charge in [0.25, 0.3) is 5.91 Å². The third-order valence-electron chi connectivity index (χ3n) is 4.26. The quantitative estimate of drug-likeness (QED) is 0.803. The first-order chi connectivity index (χ1) is 13.0. The van der Waals surface area contributed by atoms with Crippen molar-refractivity contribution >= 4 is 40.5 Å². The molecule has 1 aliphatic rings. The van der Waals surface area contributed by atoms with Crippen molar-refractivity contribution in [3.05, 3.63) is 45.9 Å². The molecule has 0 atom stereocenters. The van der Waals surface area contributed by atoms with Crippen molar-refractivity contribution in [1.82, 2.24) is 0 Å². The Bertz CT molecular complexity index is 839. The highest BCUT2D eigenvalue weighted by Crippen LogP contribution is 2.37. The number of carbonyl (C=O) groups is 1. The molecular formula is C19H20Cl2N2O4. The van der Waals surface area contributed by atoms with E-state index < -0.39 is 0 Å². The molecule has 144 valence electrons. The Balaban J connectivity index is 1.91. The standard InChI is InChI=1S/C19H20Cl2N2O4/c1-25-16-11-12(10-14(21)18(16)26-2)19(24)22-15-5-3-4-13(20)17(15)23-6-8-27-9-7-23/h3-5,10-11H,6-9H2,1-2H3,(H,22,24). The van der Waals surface area contributed by atoms with Crippen molar-refractivity contribution in [3.8, 4) is 11.5 Å². The summed E-state index contributed by atoms with van der Waals surface area (Å²) in [5, 5.41) is 3.78. The van der Waals surface area contributed by atoms with Gasteiger partial charge in [-0.3, -0.25) is 4.79 Å². The normalized spacial score (nSPS) is 14.0. The Morgan fingerprint density at radius 3 is 2.52 bits per heavy atom. The minimum absolute atomic E-state index is 0.293. The van der Waals surface area contributed by atoms with Crippen molar-refractivity contribution in [2.45, 2.75) is 0 Å². The number of carbonyl (C=O) groups excluding carboxylic acids is 1. The fraction of sp³-hybridized carbons (Fsp3) is 0.316. The first-order valence-corrected chi connectivity index (χ1v) is 9.14. The minimum atomic E-state index is -0.324. The second kappa shape index (κ2) is 8.69. The highest BCUT2D eigenvalue weighted by Gasteiger charge is 2.21. The molecule has 27 heavy (non-hydrogen) atoms. The van der Waals surface area contributed by atoms with Crippen molar-refractivity contribution in [3.63, 3.8) is 0 Å². The maximum absolute atomic E-state index is 12.8. The van der Waals surface area contributed by atoms with Crippen LogP contribution in [0.25, 0.3) is 0 Å². The third kappa shape index (κ3) is 4.24. The van der Waals surface area contributed by atoms with E-state index in [-0.39, 0.29) is 5.91 Å². The maximum Gasteiger partial charge on any atom is 0.255 e. The molecule has 0 unspecified atom stereocenters. The monoisotopic (exact) mass is 410 g/mol. The lowest BCUT2D eigenvalue weighted by molar-refractivity contribution is 0.102. The highest BCUT2D eigenvalue weighted by molar-refractivity contribution is 6.34. The highest BCUT2D eigenvalue weighted by atomic mass is 35.5. The van der Waals surface area contributed by atoms with Gasteiger partial charge in [-0.05, 0) is 24.3 Å². The number of benzene rings is 2. The summed E-state index contributed by atoms with van der Waals surface area (Å²) < 4.78 is 15.9. The van der Waals surface area contributed by atoms with Gasteiger partial charge in [0.1, 0.15) is 0 Å². The summed E-state index contributed by atoms with van der Waals surface area (Å²) in [5.41, 5.74) is 1.76. The molecule has 3 rings (SSSR count). The summed E-state index contributed by atoms with van der Waals surface area (Å²) in [4.78, 5) is 14.9. The third-order valence-corrected chi connectivity index (χ3v) is 4.84. The van der Waals surface area contributed by atoms with Gasteiger partial charge in [0, 0.05) is 18.7 Å². The lowest BCUT2D eigenvalue weighted by Crippen LogP contribution is -2.37. The Morgan fingerprint density at radius 1 is 1.11 bits per heavy atom. The molecule has 6 nitrogen and oxygen atoms in total. The van der Waals surface area contributed by atoms with Crippen LogP contribution in [0.4, 0.5) is 11.4 Å². The Labute approximate surface area is 167 Å². The number of hydrogen-bond acceptors (Lipinski definition) is 5. The minimum Gasteiger partial charge on any atom is -0.493 e. The molecule has 0 aromatic heterocycles. The number of nitrogens with one attached hydrogen (secondary N) is 1. The largest absolute Gasteiger partial charge is 0.493 e. The molecule has 0 bridgehead atoms. The number of rotatable bonds is 5. The molecule has 8 heteroatoms. The van der Waals surface area contributed by atoms with Gasteiger partial charge >= 0.3 is 0 Å². The molecule has 0 aliphatic carbocycles. The van der Waals surface area contributed by atoms with Crippen LogP contribution in [0.5, 0.6) is 11.5 Å². The Hall–Kier alpha value is -2.15. The van der Waals surface area contributed by atoms with Crippen LogP contribution in [0.2, 0.25) is 10.0 Å². The molecule has 1 heterocycles. The van der Waals surface area contributed by atoms with E-state index in [4.69, 9.17) is 37.4 Å². The van der Waals surface area contributed by atoms with Crippen molar-refractivity contribution in [1.29, 1.82) is 0 Å². The lowest BCUT2D eigenvalue weighted by Gasteiger charge is -2.31. The van der Waals surface area contributed by atoms with Gasteiger partial charge in [-0.15, -0.1) is 0 Å². The van der Waals surface area contributed by atoms with Gasteiger partial charge in [-0.1, -0.05) is 29.3 Å². The fourth-order valence-electron chi connectivity index (χ4n) is 2.97. The number of methoxy groups -OCH3 is 2. The van der Waals surface area contributed by atoms with Gasteiger partial charge in [0.15, 0.2) is 11.5 Å². The van der Waals surface area contributed by atoms with Crippen LogP contribution in [0.3, 0.4) is 0 Å². The maximum atomic E-state index is 12.8. The summed E-state index contributed by atoms with van der Waals surface area (Å²) in [6.07, 6.45) is 0. The molecular weight excluding hydrogens is 391 g/mol. The molecule has 0 radical (unpaired) electrons. The number of morpholine rings is 1. The summed E-state index contributed by atoms with van der Waals surface area (Å²) in [6.45, 7) is 2.64. The summed E-state index contributed by atoms with van der Waals surface area (Å²) in [7, 11) is 2.98. The number of ether oxygens (including phenoxy) is 3. The van der Waals surface area contributed by atoms with Crippen molar-refractivity contribution in [2.24, 2.45) is 0 Å². The average molecular weight is 411 g/mol. The van der Waals surface area contributed by atoms with Crippen LogP contribution in [0.1, 0.15) is 10.4 Å². The SMILES string of the molecule is COc1cc(C(=O)Nc2cccc(Cl)c2N2CCOCC2)cc(Cl)c1OC. The zero-order chi connectivity index (χ0) is 19.4. The fourth-order valence-corrected chi connectivity index (χ4v) is 3.55. The van der Waals surface area contributed by atoms with Gasteiger partial charge < -0.3 is 24.4 Å². The summed E-state index contributed by atoms with van der Waals surface area (Å²) >= 11 is 12.6. The van der Waals surface area contributed by atoms with E-state index in [9.17, 15) is 4.79 Å². The van der Waals surface area contributed by atoms with Gasteiger partial charge in [-0.2, -0.15) is 0 Å². The Kier molecular flexibility index (Phi) is 6.31. The topological polar surface area (TPSA) is 60.0 Å². The Morgan fingerprint density at radius 2 is 1.85 bits per heavy atom. The van der Waals surface area contributed by atoms with E-state index in [2.05, 4.69) is 10.2 Å². The molecule has 1 fully saturated rings. The molecule has 1 N–H and O–H groups in total. The van der Waals surface area contributed by atoms with Crippen LogP contribution in [0, 0.1) is 0 Å². The second-order valence-corrected chi connectivity index (χ2v) is 6.70. The first kappa shape index (κ1) is 19.6. The average Bonchev–Trinajstić information content (AvgIpc) is 2.68. The van der Waals surface area contributed by atoms with E-state index in [1.165, 1.54) is 20.3 Å². The van der Waals surface area contributed by atoms with Crippen molar-refractivity contribution in [2.75, 3.05) is 50.7 Å².